The molecule has 96 valence electrons. The molecule has 0 saturated carbocycles. The SMILES string of the molecule is Cc1c(Br)ccc2nc(CCC(C)C)nc(N)c12. The molecule has 18 heavy (non-hydrogen) atoms. The molecule has 0 bridgehead atoms. The summed E-state index contributed by atoms with van der Waals surface area (Å²) in [6.07, 6.45) is 1.97. The fraction of sp³-hybridized carbons (Fsp3) is 0.429. The summed E-state index contributed by atoms with van der Waals surface area (Å²) in [5.74, 6) is 2.07. The Kier molecular flexibility index (Phi) is 3.85. The fourth-order valence-corrected chi connectivity index (χ4v) is 2.31. The topological polar surface area (TPSA) is 51.8 Å². The van der Waals surface area contributed by atoms with Gasteiger partial charge < -0.3 is 5.73 Å². The van der Waals surface area contributed by atoms with Gasteiger partial charge in [-0.25, -0.2) is 9.97 Å². The first kappa shape index (κ1) is 13.3. The van der Waals surface area contributed by atoms with Crippen LogP contribution in [0.2, 0.25) is 0 Å². The van der Waals surface area contributed by atoms with Crippen molar-refractivity contribution >= 4 is 32.7 Å². The zero-order valence-electron chi connectivity index (χ0n) is 11.0. The van der Waals surface area contributed by atoms with Gasteiger partial charge in [0, 0.05) is 16.3 Å². The van der Waals surface area contributed by atoms with Gasteiger partial charge in [-0.2, -0.15) is 0 Å². The number of aromatic nitrogens is 2. The second-order valence-electron chi connectivity index (χ2n) is 5.02. The molecule has 0 amide bonds. The van der Waals surface area contributed by atoms with E-state index in [4.69, 9.17) is 5.73 Å². The average molecular weight is 308 g/mol. The molecular formula is C14H18BrN3. The number of aryl methyl sites for hydroxylation is 2. The van der Waals surface area contributed by atoms with E-state index in [1.807, 2.05) is 19.1 Å². The Labute approximate surface area is 116 Å². The molecule has 0 aliphatic carbocycles. The van der Waals surface area contributed by atoms with Gasteiger partial charge in [-0.3, -0.25) is 0 Å². The van der Waals surface area contributed by atoms with Crippen LogP contribution in [0.1, 0.15) is 31.7 Å². The Morgan fingerprint density at radius 1 is 1.28 bits per heavy atom. The minimum absolute atomic E-state index is 0.581. The van der Waals surface area contributed by atoms with E-state index in [0.717, 1.165) is 39.6 Å². The van der Waals surface area contributed by atoms with Crippen molar-refractivity contribution < 1.29 is 0 Å². The number of rotatable bonds is 3. The highest BCUT2D eigenvalue weighted by atomic mass is 79.9. The first-order valence-electron chi connectivity index (χ1n) is 6.20. The second kappa shape index (κ2) is 5.22. The van der Waals surface area contributed by atoms with Gasteiger partial charge in [0.15, 0.2) is 0 Å². The summed E-state index contributed by atoms with van der Waals surface area (Å²) >= 11 is 3.51. The predicted molar refractivity (Wildman–Crippen MR) is 79.5 cm³/mol. The maximum absolute atomic E-state index is 6.06. The zero-order valence-corrected chi connectivity index (χ0v) is 12.6. The third-order valence-corrected chi connectivity index (χ3v) is 3.94. The van der Waals surface area contributed by atoms with Crippen molar-refractivity contribution in [3.63, 3.8) is 0 Å². The van der Waals surface area contributed by atoms with Crippen LogP contribution >= 0.6 is 15.9 Å². The maximum atomic E-state index is 6.06. The lowest BCUT2D eigenvalue weighted by Gasteiger charge is -2.09. The molecule has 2 aromatic rings. The quantitative estimate of drug-likeness (QED) is 0.936. The van der Waals surface area contributed by atoms with Crippen molar-refractivity contribution in [3.8, 4) is 0 Å². The normalized spacial score (nSPS) is 11.4. The summed E-state index contributed by atoms with van der Waals surface area (Å²) in [6, 6.07) is 4.00. The van der Waals surface area contributed by atoms with Gasteiger partial charge in [-0.1, -0.05) is 29.8 Å². The monoisotopic (exact) mass is 307 g/mol. The van der Waals surface area contributed by atoms with Crippen LogP contribution in [0.3, 0.4) is 0 Å². The Morgan fingerprint density at radius 3 is 2.67 bits per heavy atom. The van der Waals surface area contributed by atoms with Crippen LogP contribution in [0.25, 0.3) is 10.9 Å². The Hall–Kier alpha value is -1.16. The van der Waals surface area contributed by atoms with Crippen molar-refractivity contribution in [2.45, 2.75) is 33.6 Å². The van der Waals surface area contributed by atoms with Crippen LogP contribution in [0.4, 0.5) is 5.82 Å². The number of benzene rings is 1. The minimum Gasteiger partial charge on any atom is -0.383 e. The highest BCUT2D eigenvalue weighted by Crippen LogP contribution is 2.28. The molecular weight excluding hydrogens is 290 g/mol. The van der Waals surface area contributed by atoms with Crippen LogP contribution in [0.15, 0.2) is 16.6 Å². The molecule has 0 aliphatic rings. The summed E-state index contributed by atoms with van der Waals surface area (Å²) in [7, 11) is 0. The van der Waals surface area contributed by atoms with E-state index >= 15 is 0 Å². The molecule has 2 rings (SSSR count). The standard InChI is InChI=1S/C14H18BrN3/c1-8(2)4-7-12-17-11-6-5-10(15)9(3)13(11)14(16)18-12/h5-6,8H,4,7H2,1-3H3,(H2,16,17,18). The Balaban J connectivity index is 2.47. The van der Waals surface area contributed by atoms with Crippen molar-refractivity contribution in [1.82, 2.24) is 9.97 Å². The smallest absolute Gasteiger partial charge is 0.135 e. The third-order valence-electron chi connectivity index (χ3n) is 3.08. The number of halogens is 1. The molecule has 2 N–H and O–H groups in total. The largest absolute Gasteiger partial charge is 0.383 e. The first-order chi connectivity index (χ1) is 8.49. The highest BCUT2D eigenvalue weighted by Gasteiger charge is 2.10. The van der Waals surface area contributed by atoms with Gasteiger partial charge in [-0.05, 0) is 37.0 Å². The van der Waals surface area contributed by atoms with Crippen LogP contribution in [0, 0.1) is 12.8 Å². The van der Waals surface area contributed by atoms with Crippen molar-refractivity contribution in [2.24, 2.45) is 5.92 Å². The van der Waals surface area contributed by atoms with E-state index in [1.54, 1.807) is 0 Å². The van der Waals surface area contributed by atoms with E-state index in [0.29, 0.717) is 11.7 Å². The van der Waals surface area contributed by atoms with Gasteiger partial charge in [0.2, 0.25) is 0 Å². The number of nitrogens with two attached hydrogens (primary N) is 1. The van der Waals surface area contributed by atoms with Crippen LogP contribution < -0.4 is 5.73 Å². The molecule has 0 unspecified atom stereocenters. The molecule has 0 fully saturated rings. The molecule has 1 aromatic heterocycles. The number of anilines is 1. The van der Waals surface area contributed by atoms with Gasteiger partial charge in [-0.15, -0.1) is 0 Å². The van der Waals surface area contributed by atoms with Gasteiger partial charge in [0.1, 0.15) is 11.6 Å². The summed E-state index contributed by atoms with van der Waals surface area (Å²) < 4.78 is 1.04. The van der Waals surface area contributed by atoms with E-state index in [2.05, 4.69) is 39.7 Å². The number of fused-ring (bicyclic) bond motifs is 1. The maximum Gasteiger partial charge on any atom is 0.135 e. The summed E-state index contributed by atoms with van der Waals surface area (Å²) in [5.41, 5.74) is 8.09. The second-order valence-corrected chi connectivity index (χ2v) is 5.88. The number of nitrogen functional groups attached to an aromatic ring is 1. The van der Waals surface area contributed by atoms with Crippen LogP contribution in [0.5, 0.6) is 0 Å². The molecule has 0 radical (unpaired) electrons. The summed E-state index contributed by atoms with van der Waals surface area (Å²) in [5, 5.41) is 0.956. The lowest BCUT2D eigenvalue weighted by molar-refractivity contribution is 0.576. The zero-order chi connectivity index (χ0) is 13.3. The van der Waals surface area contributed by atoms with Crippen molar-refractivity contribution in [2.75, 3.05) is 5.73 Å². The molecule has 0 atom stereocenters. The molecule has 4 heteroatoms. The molecule has 0 saturated heterocycles. The van der Waals surface area contributed by atoms with Crippen LogP contribution in [-0.2, 0) is 6.42 Å². The van der Waals surface area contributed by atoms with Crippen molar-refractivity contribution in [1.29, 1.82) is 0 Å². The summed E-state index contributed by atoms with van der Waals surface area (Å²) in [6.45, 7) is 6.43. The Morgan fingerprint density at radius 2 is 2.00 bits per heavy atom. The van der Waals surface area contributed by atoms with Gasteiger partial charge >= 0.3 is 0 Å². The molecule has 1 heterocycles. The lowest BCUT2D eigenvalue weighted by Crippen LogP contribution is -2.04. The molecule has 1 aromatic carbocycles. The lowest BCUT2D eigenvalue weighted by atomic mass is 10.1. The molecule has 0 aliphatic heterocycles. The highest BCUT2D eigenvalue weighted by molar-refractivity contribution is 9.10. The number of hydrogen-bond donors (Lipinski definition) is 1. The van der Waals surface area contributed by atoms with Crippen molar-refractivity contribution in [3.05, 3.63) is 28.0 Å². The number of nitrogens with zero attached hydrogens (tertiary/aromatic N) is 2. The van der Waals surface area contributed by atoms with E-state index in [9.17, 15) is 0 Å². The minimum atomic E-state index is 0.581. The third kappa shape index (κ3) is 2.64. The summed E-state index contributed by atoms with van der Waals surface area (Å²) in [4.78, 5) is 9.02. The average Bonchev–Trinajstić information content (AvgIpc) is 2.31. The molecule has 0 spiro atoms. The predicted octanol–water partition coefficient (Wildman–Crippen LogP) is 3.87. The van der Waals surface area contributed by atoms with E-state index in [1.165, 1.54) is 0 Å². The number of hydrogen-bond acceptors (Lipinski definition) is 3. The van der Waals surface area contributed by atoms with Gasteiger partial charge in [0.05, 0.1) is 5.52 Å². The van der Waals surface area contributed by atoms with E-state index < -0.39 is 0 Å². The Bertz CT molecular complexity index is 579. The van der Waals surface area contributed by atoms with Gasteiger partial charge in [0.25, 0.3) is 0 Å². The van der Waals surface area contributed by atoms with Crippen LogP contribution in [-0.4, -0.2) is 9.97 Å². The fourth-order valence-electron chi connectivity index (χ4n) is 1.98. The van der Waals surface area contributed by atoms with E-state index in [-0.39, 0.29) is 0 Å². The molecule has 3 nitrogen and oxygen atoms in total. The first-order valence-corrected chi connectivity index (χ1v) is 6.99.